The molecule has 5 nitrogen and oxygen atoms in total. The van der Waals surface area contributed by atoms with Gasteiger partial charge in [0.15, 0.2) is 0 Å². The van der Waals surface area contributed by atoms with Crippen molar-refractivity contribution in [3.63, 3.8) is 0 Å². The predicted octanol–water partition coefficient (Wildman–Crippen LogP) is 3.35. The molecule has 2 N–H and O–H groups in total. The Morgan fingerprint density at radius 3 is 2.67 bits per heavy atom. The molecular formula is C15H21N5S. The van der Waals surface area contributed by atoms with E-state index in [0.717, 1.165) is 16.5 Å². The van der Waals surface area contributed by atoms with Crippen LogP contribution in [0.1, 0.15) is 56.7 Å². The first-order chi connectivity index (χ1) is 10.3. The van der Waals surface area contributed by atoms with Crippen LogP contribution in [0.4, 0.5) is 0 Å². The topological polar surface area (TPSA) is 69.6 Å². The molecule has 0 bridgehead atoms. The molecule has 6 heteroatoms. The van der Waals surface area contributed by atoms with Gasteiger partial charge in [-0.15, -0.1) is 5.10 Å². The Bertz CT molecular complexity index is 574. The molecule has 0 amide bonds. The third kappa shape index (κ3) is 3.27. The van der Waals surface area contributed by atoms with Gasteiger partial charge in [0.2, 0.25) is 5.16 Å². The minimum Gasteiger partial charge on any atom is -0.324 e. The molecule has 3 rings (SSSR count). The van der Waals surface area contributed by atoms with Crippen molar-refractivity contribution in [1.29, 1.82) is 0 Å². The molecule has 112 valence electrons. The fourth-order valence-electron chi connectivity index (χ4n) is 2.75. The summed E-state index contributed by atoms with van der Waals surface area (Å²) in [6.45, 7) is 2.10. The summed E-state index contributed by atoms with van der Waals surface area (Å²) in [4.78, 5) is 1.15. The van der Waals surface area contributed by atoms with Crippen LogP contribution in [-0.4, -0.2) is 20.2 Å². The highest BCUT2D eigenvalue weighted by Gasteiger charge is 2.21. The van der Waals surface area contributed by atoms with Gasteiger partial charge in [-0.1, -0.05) is 31.9 Å². The van der Waals surface area contributed by atoms with Gasteiger partial charge in [0, 0.05) is 10.9 Å². The molecule has 0 spiro atoms. The van der Waals surface area contributed by atoms with E-state index in [4.69, 9.17) is 5.73 Å². The maximum absolute atomic E-state index is 6.04. The monoisotopic (exact) mass is 303 g/mol. The molecule has 1 saturated carbocycles. The molecule has 1 atom stereocenters. The standard InChI is InChI=1S/C15H21N5S/c1-2-14(16)11-7-9-13(10-8-11)21-15-17-18-19-20(15)12-5-3-4-6-12/h7-10,12,14H,2-6,16H2,1H3/t14-/m1/s1. The number of nitrogens with zero attached hydrogens (tertiary/aromatic N) is 4. The molecule has 21 heavy (non-hydrogen) atoms. The van der Waals surface area contributed by atoms with Crippen LogP contribution >= 0.6 is 11.8 Å². The average Bonchev–Trinajstić information content (AvgIpc) is 3.18. The summed E-state index contributed by atoms with van der Waals surface area (Å²) >= 11 is 1.62. The number of hydrogen-bond acceptors (Lipinski definition) is 5. The van der Waals surface area contributed by atoms with Crippen LogP contribution in [0.25, 0.3) is 0 Å². The average molecular weight is 303 g/mol. The van der Waals surface area contributed by atoms with Crippen molar-refractivity contribution in [3.8, 4) is 0 Å². The summed E-state index contributed by atoms with van der Waals surface area (Å²) in [5.74, 6) is 0. The van der Waals surface area contributed by atoms with Crippen LogP contribution in [0.3, 0.4) is 0 Å². The minimum atomic E-state index is 0.118. The predicted molar refractivity (Wildman–Crippen MR) is 83.1 cm³/mol. The van der Waals surface area contributed by atoms with Crippen LogP contribution in [-0.2, 0) is 0 Å². The van der Waals surface area contributed by atoms with E-state index in [0.29, 0.717) is 6.04 Å². The molecule has 1 aliphatic carbocycles. The van der Waals surface area contributed by atoms with Crippen molar-refractivity contribution in [3.05, 3.63) is 29.8 Å². The molecule has 0 saturated heterocycles. The molecule has 1 aromatic heterocycles. The smallest absolute Gasteiger partial charge is 0.214 e. The number of nitrogens with two attached hydrogens (primary N) is 1. The Morgan fingerprint density at radius 2 is 2.00 bits per heavy atom. The lowest BCUT2D eigenvalue weighted by Gasteiger charge is -2.12. The van der Waals surface area contributed by atoms with Crippen molar-refractivity contribution in [2.45, 2.75) is 61.2 Å². The zero-order valence-corrected chi connectivity index (χ0v) is 13.1. The summed E-state index contributed by atoms with van der Waals surface area (Å²) in [5.41, 5.74) is 7.22. The highest BCUT2D eigenvalue weighted by atomic mass is 32.2. The maximum Gasteiger partial charge on any atom is 0.214 e. The Kier molecular flexibility index (Phi) is 4.55. The van der Waals surface area contributed by atoms with Crippen LogP contribution in [0.5, 0.6) is 0 Å². The van der Waals surface area contributed by atoms with E-state index < -0.39 is 0 Å². The molecule has 0 aliphatic heterocycles. The van der Waals surface area contributed by atoms with Crippen LogP contribution in [0, 0.1) is 0 Å². The van der Waals surface area contributed by atoms with Gasteiger partial charge in [-0.2, -0.15) is 0 Å². The van der Waals surface area contributed by atoms with Gasteiger partial charge >= 0.3 is 0 Å². The van der Waals surface area contributed by atoms with Gasteiger partial charge in [0.25, 0.3) is 0 Å². The van der Waals surface area contributed by atoms with E-state index in [1.54, 1.807) is 11.8 Å². The second-order valence-electron chi connectivity index (χ2n) is 5.53. The Hall–Kier alpha value is -1.40. The second-order valence-corrected chi connectivity index (χ2v) is 6.57. The molecule has 1 fully saturated rings. The number of rotatable bonds is 5. The summed E-state index contributed by atoms with van der Waals surface area (Å²) in [5, 5.41) is 13.1. The minimum absolute atomic E-state index is 0.118. The zero-order valence-electron chi connectivity index (χ0n) is 12.3. The normalized spacial score (nSPS) is 17.2. The first-order valence-corrected chi connectivity index (χ1v) is 8.41. The van der Waals surface area contributed by atoms with Gasteiger partial charge in [-0.05, 0) is 59.1 Å². The van der Waals surface area contributed by atoms with Crippen molar-refractivity contribution in [1.82, 2.24) is 20.2 Å². The third-order valence-electron chi connectivity index (χ3n) is 4.09. The first kappa shape index (κ1) is 14.5. The second kappa shape index (κ2) is 6.58. The largest absolute Gasteiger partial charge is 0.324 e. The van der Waals surface area contributed by atoms with Crippen molar-refractivity contribution in [2.24, 2.45) is 5.73 Å². The maximum atomic E-state index is 6.04. The molecule has 1 aromatic carbocycles. The van der Waals surface area contributed by atoms with E-state index in [-0.39, 0.29) is 6.04 Å². The number of hydrogen-bond donors (Lipinski definition) is 1. The molecule has 0 radical (unpaired) electrons. The van der Waals surface area contributed by atoms with E-state index in [1.165, 1.54) is 31.2 Å². The molecule has 2 aromatic rings. The van der Waals surface area contributed by atoms with Crippen LogP contribution in [0.15, 0.2) is 34.3 Å². The van der Waals surface area contributed by atoms with Gasteiger partial charge in [0.05, 0.1) is 6.04 Å². The van der Waals surface area contributed by atoms with E-state index in [1.807, 2.05) is 4.68 Å². The Labute approximate surface area is 129 Å². The molecule has 0 unspecified atom stereocenters. The number of benzene rings is 1. The summed E-state index contributed by atoms with van der Waals surface area (Å²) < 4.78 is 1.99. The van der Waals surface area contributed by atoms with Crippen molar-refractivity contribution < 1.29 is 0 Å². The van der Waals surface area contributed by atoms with Crippen LogP contribution in [0.2, 0.25) is 0 Å². The fraction of sp³-hybridized carbons (Fsp3) is 0.533. The summed E-state index contributed by atoms with van der Waals surface area (Å²) in [6, 6.07) is 8.98. The highest BCUT2D eigenvalue weighted by Crippen LogP contribution is 2.34. The van der Waals surface area contributed by atoms with Crippen LogP contribution < -0.4 is 5.73 Å². The van der Waals surface area contributed by atoms with E-state index >= 15 is 0 Å². The molecular weight excluding hydrogens is 282 g/mol. The SMILES string of the molecule is CC[C@@H](N)c1ccc(Sc2nnnn2C2CCCC2)cc1. The summed E-state index contributed by atoms with van der Waals surface area (Å²) in [6.07, 6.45) is 5.87. The quantitative estimate of drug-likeness (QED) is 0.917. The lowest BCUT2D eigenvalue weighted by molar-refractivity contribution is 0.423. The zero-order chi connectivity index (χ0) is 14.7. The molecule has 1 aliphatic rings. The third-order valence-corrected chi connectivity index (χ3v) is 5.05. The lowest BCUT2D eigenvalue weighted by Crippen LogP contribution is -2.08. The van der Waals surface area contributed by atoms with Gasteiger partial charge < -0.3 is 5.73 Å². The van der Waals surface area contributed by atoms with Gasteiger partial charge in [-0.25, -0.2) is 4.68 Å². The van der Waals surface area contributed by atoms with Gasteiger partial charge in [-0.3, -0.25) is 0 Å². The lowest BCUT2D eigenvalue weighted by atomic mass is 10.1. The highest BCUT2D eigenvalue weighted by molar-refractivity contribution is 7.99. The van der Waals surface area contributed by atoms with E-state index in [2.05, 4.69) is 46.7 Å². The summed E-state index contributed by atoms with van der Waals surface area (Å²) in [7, 11) is 0. The van der Waals surface area contributed by atoms with Crippen molar-refractivity contribution in [2.75, 3.05) is 0 Å². The first-order valence-electron chi connectivity index (χ1n) is 7.59. The van der Waals surface area contributed by atoms with Gasteiger partial charge in [0.1, 0.15) is 0 Å². The molecule has 1 heterocycles. The van der Waals surface area contributed by atoms with E-state index in [9.17, 15) is 0 Å². The Balaban J connectivity index is 1.73. The van der Waals surface area contributed by atoms with Crippen molar-refractivity contribution >= 4 is 11.8 Å². The number of aromatic nitrogens is 4. The Morgan fingerprint density at radius 1 is 1.29 bits per heavy atom. The fourth-order valence-corrected chi connectivity index (χ4v) is 3.59. The number of tetrazole rings is 1.